The lowest BCUT2D eigenvalue weighted by Gasteiger charge is -2.12. The van der Waals surface area contributed by atoms with Gasteiger partial charge in [0, 0.05) is 17.8 Å². The zero-order valence-corrected chi connectivity index (χ0v) is 13.2. The third-order valence-electron chi connectivity index (χ3n) is 3.89. The first-order valence-electron chi connectivity index (χ1n) is 7.43. The van der Waals surface area contributed by atoms with E-state index in [1.807, 2.05) is 18.2 Å². The molecule has 3 rings (SSSR count). The smallest absolute Gasteiger partial charge is 0.112 e. The first kappa shape index (κ1) is 14.3. The van der Waals surface area contributed by atoms with Crippen LogP contribution in [0.1, 0.15) is 36.2 Å². The molecule has 2 aromatic heterocycles. The molecule has 0 fully saturated rings. The molecule has 0 amide bonds. The number of hydrogen-bond acceptors (Lipinski definition) is 3. The van der Waals surface area contributed by atoms with Crippen LogP contribution in [0.15, 0.2) is 35.7 Å². The molecule has 3 aromatic rings. The molecule has 0 saturated heterocycles. The topological polar surface area (TPSA) is 38.1 Å². The number of thiophene rings is 1. The average Bonchev–Trinajstić information content (AvgIpc) is 3.10. The van der Waals surface area contributed by atoms with Gasteiger partial charge in [-0.05, 0) is 42.5 Å². The highest BCUT2D eigenvalue weighted by Gasteiger charge is 2.18. The number of fused-ring (bicyclic) bond motifs is 1. The van der Waals surface area contributed by atoms with Crippen molar-refractivity contribution in [2.45, 2.75) is 39.3 Å². The molecule has 4 heteroatoms. The first-order valence-corrected chi connectivity index (χ1v) is 8.31. The lowest BCUT2D eigenvalue weighted by molar-refractivity contribution is 0.177. The van der Waals surface area contributed by atoms with E-state index in [1.165, 1.54) is 5.56 Å². The summed E-state index contributed by atoms with van der Waals surface area (Å²) in [6, 6.07) is 10.3. The summed E-state index contributed by atoms with van der Waals surface area (Å²) in [6.45, 7) is 5.11. The van der Waals surface area contributed by atoms with Gasteiger partial charge in [-0.15, -0.1) is 11.3 Å². The fourth-order valence-electron chi connectivity index (χ4n) is 2.83. The Hall–Kier alpha value is -1.65. The minimum absolute atomic E-state index is 0.470. The Kier molecular flexibility index (Phi) is 4.08. The van der Waals surface area contributed by atoms with Gasteiger partial charge < -0.3 is 9.67 Å². The largest absolute Gasteiger partial charge is 0.387 e. The molecule has 0 aliphatic carbocycles. The highest BCUT2D eigenvalue weighted by Crippen LogP contribution is 2.28. The van der Waals surface area contributed by atoms with Crippen molar-refractivity contribution in [3.8, 4) is 0 Å². The summed E-state index contributed by atoms with van der Waals surface area (Å²) >= 11 is 1.63. The summed E-state index contributed by atoms with van der Waals surface area (Å²) in [5.74, 6) is 0.960. The first-order chi connectivity index (χ1) is 10.2. The average molecular weight is 300 g/mol. The standard InChI is InChI=1S/C17H20N2OS/c1-3-12-9-10-21-17(12)15(20)11-16-18-13-7-5-6-8-14(13)19(16)4-2/h5-10,15,20H,3-4,11H2,1-2H3. The fourth-order valence-corrected chi connectivity index (χ4v) is 3.81. The van der Waals surface area contributed by atoms with Gasteiger partial charge in [-0.3, -0.25) is 0 Å². The van der Waals surface area contributed by atoms with Crippen LogP contribution in [0, 0.1) is 0 Å². The molecule has 0 spiro atoms. The van der Waals surface area contributed by atoms with Crippen LogP contribution in [-0.4, -0.2) is 14.7 Å². The molecular weight excluding hydrogens is 280 g/mol. The van der Waals surface area contributed by atoms with Gasteiger partial charge >= 0.3 is 0 Å². The molecule has 21 heavy (non-hydrogen) atoms. The second-order valence-electron chi connectivity index (χ2n) is 5.14. The summed E-state index contributed by atoms with van der Waals surface area (Å²) < 4.78 is 2.19. The van der Waals surface area contributed by atoms with E-state index in [1.54, 1.807) is 11.3 Å². The highest BCUT2D eigenvalue weighted by molar-refractivity contribution is 7.10. The molecule has 0 saturated carbocycles. The van der Waals surface area contributed by atoms with Crippen LogP contribution in [0.5, 0.6) is 0 Å². The van der Waals surface area contributed by atoms with E-state index in [2.05, 4.69) is 35.9 Å². The summed E-state index contributed by atoms with van der Waals surface area (Å²) in [5, 5.41) is 12.6. The Balaban J connectivity index is 1.94. The van der Waals surface area contributed by atoms with Gasteiger partial charge in [0.1, 0.15) is 5.82 Å². The minimum Gasteiger partial charge on any atom is -0.387 e. The van der Waals surface area contributed by atoms with Crippen LogP contribution >= 0.6 is 11.3 Å². The van der Waals surface area contributed by atoms with E-state index >= 15 is 0 Å². The third-order valence-corrected chi connectivity index (χ3v) is 4.95. The van der Waals surface area contributed by atoms with Crippen molar-refractivity contribution in [3.63, 3.8) is 0 Å². The summed E-state index contributed by atoms with van der Waals surface area (Å²) in [7, 11) is 0. The number of hydrogen-bond donors (Lipinski definition) is 1. The van der Waals surface area contributed by atoms with Crippen LogP contribution in [0.3, 0.4) is 0 Å². The predicted molar refractivity (Wildman–Crippen MR) is 87.8 cm³/mol. The van der Waals surface area contributed by atoms with Crippen molar-refractivity contribution in [1.29, 1.82) is 0 Å². The lowest BCUT2D eigenvalue weighted by Crippen LogP contribution is -2.08. The van der Waals surface area contributed by atoms with E-state index in [0.29, 0.717) is 6.42 Å². The Bertz CT molecular complexity index is 744. The molecule has 1 atom stereocenters. The maximum absolute atomic E-state index is 10.6. The molecule has 0 bridgehead atoms. The van der Waals surface area contributed by atoms with Crippen molar-refractivity contribution in [2.75, 3.05) is 0 Å². The molecule has 1 aromatic carbocycles. The van der Waals surface area contributed by atoms with E-state index in [9.17, 15) is 5.11 Å². The molecule has 1 N–H and O–H groups in total. The second kappa shape index (κ2) is 6.00. The number of aromatic nitrogens is 2. The number of aliphatic hydroxyl groups excluding tert-OH is 1. The van der Waals surface area contributed by atoms with Crippen LogP contribution in [0.4, 0.5) is 0 Å². The van der Waals surface area contributed by atoms with Gasteiger partial charge in [0.25, 0.3) is 0 Å². The Morgan fingerprint density at radius 3 is 2.81 bits per heavy atom. The van der Waals surface area contributed by atoms with Gasteiger partial charge in [-0.1, -0.05) is 19.1 Å². The maximum atomic E-state index is 10.6. The summed E-state index contributed by atoms with van der Waals surface area (Å²) in [6.07, 6.45) is 1.05. The van der Waals surface area contributed by atoms with Gasteiger partial charge in [0.2, 0.25) is 0 Å². The number of aryl methyl sites for hydroxylation is 2. The van der Waals surface area contributed by atoms with Gasteiger partial charge in [0.15, 0.2) is 0 Å². The number of nitrogens with zero attached hydrogens (tertiary/aromatic N) is 2. The lowest BCUT2D eigenvalue weighted by atomic mass is 10.1. The monoisotopic (exact) mass is 300 g/mol. The second-order valence-corrected chi connectivity index (χ2v) is 6.09. The van der Waals surface area contributed by atoms with Crippen molar-refractivity contribution in [1.82, 2.24) is 9.55 Å². The highest BCUT2D eigenvalue weighted by atomic mass is 32.1. The molecule has 3 nitrogen and oxygen atoms in total. The minimum atomic E-state index is -0.470. The fraction of sp³-hybridized carbons (Fsp3) is 0.353. The van der Waals surface area contributed by atoms with Crippen molar-refractivity contribution in [2.24, 2.45) is 0 Å². The zero-order chi connectivity index (χ0) is 14.8. The number of aliphatic hydroxyl groups is 1. The Labute approximate surface area is 128 Å². The molecule has 1 unspecified atom stereocenters. The quantitative estimate of drug-likeness (QED) is 0.774. The molecule has 0 radical (unpaired) electrons. The van der Waals surface area contributed by atoms with E-state index in [4.69, 9.17) is 4.98 Å². The third kappa shape index (κ3) is 2.61. The van der Waals surface area contributed by atoms with Crippen LogP contribution in [0.2, 0.25) is 0 Å². The van der Waals surface area contributed by atoms with Gasteiger partial charge in [0.05, 0.1) is 17.1 Å². The van der Waals surface area contributed by atoms with Crippen LogP contribution in [-0.2, 0) is 19.4 Å². The van der Waals surface area contributed by atoms with Crippen molar-refractivity contribution < 1.29 is 5.11 Å². The number of imidazole rings is 1. The molecule has 110 valence electrons. The van der Waals surface area contributed by atoms with E-state index in [-0.39, 0.29) is 0 Å². The molecular formula is C17H20N2OS. The SMILES string of the molecule is CCc1ccsc1C(O)Cc1nc2ccccc2n1CC. The van der Waals surface area contributed by atoms with Crippen LogP contribution < -0.4 is 0 Å². The Morgan fingerprint density at radius 2 is 2.05 bits per heavy atom. The van der Waals surface area contributed by atoms with Crippen LogP contribution in [0.25, 0.3) is 11.0 Å². The number of benzene rings is 1. The molecule has 0 aliphatic heterocycles. The predicted octanol–water partition coefficient (Wildman–Crippen LogP) is 3.96. The zero-order valence-electron chi connectivity index (χ0n) is 12.4. The maximum Gasteiger partial charge on any atom is 0.112 e. The summed E-state index contributed by atoms with van der Waals surface area (Å²) in [4.78, 5) is 5.77. The normalized spacial score (nSPS) is 12.9. The van der Waals surface area contributed by atoms with Gasteiger partial charge in [-0.2, -0.15) is 0 Å². The Morgan fingerprint density at radius 1 is 1.24 bits per heavy atom. The van der Waals surface area contributed by atoms with Crippen molar-refractivity contribution in [3.05, 3.63) is 52.0 Å². The van der Waals surface area contributed by atoms with Crippen molar-refractivity contribution >= 4 is 22.4 Å². The molecule has 0 aliphatic rings. The van der Waals surface area contributed by atoms with E-state index in [0.717, 1.165) is 34.7 Å². The number of rotatable bonds is 5. The van der Waals surface area contributed by atoms with E-state index < -0.39 is 6.10 Å². The number of para-hydroxylation sites is 2. The summed E-state index contributed by atoms with van der Waals surface area (Å²) in [5.41, 5.74) is 3.39. The van der Waals surface area contributed by atoms with Gasteiger partial charge in [-0.25, -0.2) is 4.98 Å². The molecule has 2 heterocycles.